The zero-order chi connectivity index (χ0) is 15.6. The fourth-order valence-corrected chi connectivity index (χ4v) is 6.82. The van der Waals surface area contributed by atoms with Gasteiger partial charge < -0.3 is 10.2 Å². The first-order chi connectivity index (χ1) is 11.3. The SMILES string of the molecule is Cl.O=C(c1ccc(C2SCCCS2)cc1)N1C2CCNCC1CC2. The van der Waals surface area contributed by atoms with Crippen LogP contribution in [0.25, 0.3) is 0 Å². The van der Waals surface area contributed by atoms with Crippen LogP contribution in [-0.2, 0) is 0 Å². The van der Waals surface area contributed by atoms with Crippen molar-refractivity contribution in [2.24, 2.45) is 0 Å². The van der Waals surface area contributed by atoms with Gasteiger partial charge in [-0.25, -0.2) is 0 Å². The Labute approximate surface area is 159 Å². The number of rotatable bonds is 2. The molecule has 3 fully saturated rings. The molecule has 6 heteroatoms. The molecule has 2 unspecified atom stereocenters. The molecule has 0 aromatic heterocycles. The third kappa shape index (κ3) is 3.74. The standard InChI is InChI=1S/C18H24N2OS2.ClH/c21-17(20-15-6-7-16(20)12-19-9-8-15)13-2-4-14(5-3-13)18-22-10-1-11-23-18;/h2-5,15-16,18-19H,1,6-12H2;1H. The average molecular weight is 385 g/mol. The van der Waals surface area contributed by atoms with Gasteiger partial charge in [-0.3, -0.25) is 4.79 Å². The summed E-state index contributed by atoms with van der Waals surface area (Å²) in [4.78, 5) is 15.2. The molecule has 3 nitrogen and oxygen atoms in total. The molecule has 4 rings (SSSR count). The van der Waals surface area contributed by atoms with Gasteiger partial charge in [0.2, 0.25) is 0 Å². The molecule has 3 heterocycles. The van der Waals surface area contributed by atoms with Gasteiger partial charge >= 0.3 is 0 Å². The summed E-state index contributed by atoms with van der Waals surface area (Å²) in [5.74, 6) is 2.74. The van der Waals surface area contributed by atoms with Gasteiger partial charge in [0.05, 0.1) is 4.58 Å². The van der Waals surface area contributed by atoms with E-state index in [4.69, 9.17) is 0 Å². The minimum absolute atomic E-state index is 0. The van der Waals surface area contributed by atoms with Crippen LogP contribution in [0.1, 0.15) is 46.2 Å². The van der Waals surface area contributed by atoms with Crippen molar-refractivity contribution in [1.29, 1.82) is 0 Å². The number of hydrogen-bond acceptors (Lipinski definition) is 4. The number of hydrogen-bond donors (Lipinski definition) is 1. The molecule has 132 valence electrons. The molecular formula is C18H25ClN2OS2. The number of benzene rings is 1. The molecule has 0 aliphatic carbocycles. The molecule has 2 bridgehead atoms. The fourth-order valence-electron chi connectivity index (χ4n) is 3.93. The summed E-state index contributed by atoms with van der Waals surface area (Å²) in [5, 5.41) is 3.47. The highest BCUT2D eigenvalue weighted by Gasteiger charge is 2.38. The Bertz CT molecular complexity index is 549. The van der Waals surface area contributed by atoms with Crippen LogP contribution in [0, 0.1) is 0 Å². The Hall–Kier alpha value is -0.360. The minimum Gasteiger partial charge on any atom is -0.331 e. The smallest absolute Gasteiger partial charge is 0.254 e. The second kappa shape index (κ2) is 8.35. The van der Waals surface area contributed by atoms with Crippen LogP contribution in [0.2, 0.25) is 0 Å². The second-order valence-electron chi connectivity index (χ2n) is 6.64. The van der Waals surface area contributed by atoms with Crippen LogP contribution in [0.15, 0.2) is 24.3 Å². The van der Waals surface area contributed by atoms with Gasteiger partial charge in [-0.05, 0) is 61.4 Å². The Kier molecular flexibility index (Phi) is 6.41. The minimum atomic E-state index is 0. The molecule has 24 heavy (non-hydrogen) atoms. The number of amides is 1. The molecule has 0 saturated carbocycles. The van der Waals surface area contributed by atoms with E-state index in [0.717, 1.165) is 31.5 Å². The largest absolute Gasteiger partial charge is 0.331 e. The quantitative estimate of drug-likeness (QED) is 0.836. The normalized spacial score (nSPS) is 27.4. The molecule has 1 N–H and O–H groups in total. The lowest BCUT2D eigenvalue weighted by molar-refractivity contribution is 0.0680. The summed E-state index contributed by atoms with van der Waals surface area (Å²) in [7, 11) is 0. The first-order valence-electron chi connectivity index (χ1n) is 8.69. The van der Waals surface area contributed by atoms with E-state index in [9.17, 15) is 4.79 Å². The van der Waals surface area contributed by atoms with Crippen molar-refractivity contribution in [3.63, 3.8) is 0 Å². The van der Waals surface area contributed by atoms with E-state index in [-0.39, 0.29) is 18.3 Å². The van der Waals surface area contributed by atoms with Crippen molar-refractivity contribution in [2.45, 2.75) is 42.3 Å². The number of nitrogens with one attached hydrogen (secondary N) is 1. The highest BCUT2D eigenvalue weighted by molar-refractivity contribution is 8.16. The maximum absolute atomic E-state index is 13.0. The zero-order valence-electron chi connectivity index (χ0n) is 13.8. The van der Waals surface area contributed by atoms with E-state index in [1.807, 2.05) is 35.7 Å². The molecular weight excluding hydrogens is 360 g/mol. The highest BCUT2D eigenvalue weighted by Crippen LogP contribution is 2.43. The third-order valence-corrected chi connectivity index (χ3v) is 8.16. The first kappa shape index (κ1) is 18.4. The Morgan fingerprint density at radius 3 is 2.50 bits per heavy atom. The van der Waals surface area contributed by atoms with E-state index in [0.29, 0.717) is 16.7 Å². The molecule has 3 aliphatic heterocycles. The van der Waals surface area contributed by atoms with Crippen molar-refractivity contribution in [1.82, 2.24) is 10.2 Å². The van der Waals surface area contributed by atoms with Crippen LogP contribution in [0.5, 0.6) is 0 Å². The first-order valence-corrected chi connectivity index (χ1v) is 10.8. The van der Waals surface area contributed by atoms with Crippen molar-refractivity contribution in [3.05, 3.63) is 35.4 Å². The number of thioether (sulfide) groups is 2. The monoisotopic (exact) mass is 384 g/mol. The van der Waals surface area contributed by atoms with Crippen LogP contribution in [0.3, 0.4) is 0 Å². The predicted molar refractivity (Wildman–Crippen MR) is 106 cm³/mol. The number of halogens is 1. The maximum atomic E-state index is 13.0. The van der Waals surface area contributed by atoms with E-state index in [1.165, 1.54) is 29.9 Å². The van der Waals surface area contributed by atoms with E-state index in [1.54, 1.807) is 0 Å². The van der Waals surface area contributed by atoms with Crippen molar-refractivity contribution < 1.29 is 4.79 Å². The molecule has 2 atom stereocenters. The zero-order valence-corrected chi connectivity index (χ0v) is 16.2. The molecule has 3 saturated heterocycles. The van der Waals surface area contributed by atoms with E-state index < -0.39 is 0 Å². The fraction of sp³-hybridized carbons (Fsp3) is 0.611. The lowest BCUT2D eigenvalue weighted by atomic mass is 10.1. The summed E-state index contributed by atoms with van der Waals surface area (Å²) >= 11 is 4.06. The van der Waals surface area contributed by atoms with Crippen molar-refractivity contribution >= 4 is 41.8 Å². The van der Waals surface area contributed by atoms with Crippen LogP contribution in [0.4, 0.5) is 0 Å². The number of nitrogens with zero attached hydrogens (tertiary/aromatic N) is 1. The topological polar surface area (TPSA) is 32.3 Å². The molecule has 3 aliphatic rings. The molecule has 1 aromatic carbocycles. The van der Waals surface area contributed by atoms with Gasteiger partial charge in [-0.1, -0.05) is 12.1 Å². The van der Waals surface area contributed by atoms with Crippen molar-refractivity contribution in [3.8, 4) is 0 Å². The summed E-state index contributed by atoms with van der Waals surface area (Å²) in [6, 6.07) is 9.25. The van der Waals surface area contributed by atoms with Gasteiger partial charge in [0.1, 0.15) is 0 Å². The summed E-state index contributed by atoms with van der Waals surface area (Å²) < 4.78 is 0.548. The van der Waals surface area contributed by atoms with Crippen LogP contribution >= 0.6 is 35.9 Å². The maximum Gasteiger partial charge on any atom is 0.254 e. The molecule has 0 radical (unpaired) electrons. The molecule has 1 aromatic rings. The highest BCUT2D eigenvalue weighted by atomic mass is 35.5. The van der Waals surface area contributed by atoms with Gasteiger partial charge in [-0.15, -0.1) is 35.9 Å². The van der Waals surface area contributed by atoms with Crippen molar-refractivity contribution in [2.75, 3.05) is 24.6 Å². The van der Waals surface area contributed by atoms with Gasteiger partial charge in [0.25, 0.3) is 5.91 Å². The second-order valence-corrected chi connectivity index (χ2v) is 9.36. The Balaban J connectivity index is 0.00000169. The lowest BCUT2D eigenvalue weighted by Crippen LogP contribution is -2.42. The molecule has 0 spiro atoms. The van der Waals surface area contributed by atoms with E-state index in [2.05, 4.69) is 22.3 Å². The van der Waals surface area contributed by atoms with Gasteiger partial charge in [0.15, 0.2) is 0 Å². The predicted octanol–water partition coefficient (Wildman–Crippen LogP) is 3.94. The van der Waals surface area contributed by atoms with Gasteiger partial charge in [0, 0.05) is 24.2 Å². The van der Waals surface area contributed by atoms with Crippen LogP contribution < -0.4 is 5.32 Å². The average Bonchev–Trinajstić information content (AvgIpc) is 2.88. The third-order valence-electron chi connectivity index (χ3n) is 5.15. The summed E-state index contributed by atoms with van der Waals surface area (Å²) in [6.07, 6.45) is 4.73. The Morgan fingerprint density at radius 2 is 1.75 bits per heavy atom. The lowest BCUT2D eigenvalue weighted by Gasteiger charge is -2.28. The number of fused-ring (bicyclic) bond motifs is 2. The van der Waals surface area contributed by atoms with E-state index >= 15 is 0 Å². The molecule has 1 amide bonds. The Morgan fingerprint density at radius 1 is 1.04 bits per heavy atom. The van der Waals surface area contributed by atoms with Gasteiger partial charge in [-0.2, -0.15) is 0 Å². The number of carbonyl (C=O) groups is 1. The van der Waals surface area contributed by atoms with Crippen LogP contribution in [-0.4, -0.2) is 47.5 Å². The summed E-state index contributed by atoms with van der Waals surface area (Å²) in [6.45, 7) is 2.00. The number of carbonyl (C=O) groups excluding carboxylic acids is 1. The summed E-state index contributed by atoms with van der Waals surface area (Å²) in [5.41, 5.74) is 2.22.